The zero-order chi connectivity index (χ0) is 10.7. The highest BCUT2D eigenvalue weighted by atomic mass is 15.1. The van der Waals surface area contributed by atoms with Crippen LogP contribution in [0.1, 0.15) is 44.9 Å². The van der Waals surface area contributed by atoms with Crippen LogP contribution in [0.3, 0.4) is 0 Å². The average Bonchev–Trinajstić information content (AvgIpc) is 2.15. The fraction of sp³-hybridized carbons (Fsp3) is 1.00. The van der Waals surface area contributed by atoms with Crippen LogP contribution in [0, 0.1) is 11.8 Å². The molecule has 2 aliphatic rings. The molecule has 0 heterocycles. The van der Waals surface area contributed by atoms with Gasteiger partial charge in [0, 0.05) is 12.6 Å². The van der Waals surface area contributed by atoms with E-state index >= 15 is 0 Å². The van der Waals surface area contributed by atoms with Crippen molar-refractivity contribution in [1.82, 2.24) is 4.90 Å². The van der Waals surface area contributed by atoms with Crippen LogP contribution in [0.4, 0.5) is 0 Å². The number of rotatable bonds is 4. The van der Waals surface area contributed by atoms with E-state index in [1.807, 2.05) is 0 Å². The first-order chi connectivity index (χ1) is 7.31. The molecule has 2 atom stereocenters. The number of nitrogens with two attached hydrogens (primary N) is 1. The third kappa shape index (κ3) is 2.73. The van der Waals surface area contributed by atoms with E-state index in [1.165, 1.54) is 51.5 Å². The van der Waals surface area contributed by atoms with Gasteiger partial charge in [-0.05, 0) is 51.1 Å². The van der Waals surface area contributed by atoms with Crippen molar-refractivity contribution >= 4 is 0 Å². The fourth-order valence-corrected chi connectivity index (χ4v) is 3.18. The Morgan fingerprint density at radius 2 is 1.67 bits per heavy atom. The van der Waals surface area contributed by atoms with Gasteiger partial charge in [0.15, 0.2) is 0 Å². The van der Waals surface area contributed by atoms with Gasteiger partial charge in [0.2, 0.25) is 0 Å². The van der Waals surface area contributed by atoms with Crippen molar-refractivity contribution in [3.63, 3.8) is 0 Å². The van der Waals surface area contributed by atoms with Gasteiger partial charge in [-0.15, -0.1) is 0 Å². The van der Waals surface area contributed by atoms with E-state index in [9.17, 15) is 0 Å². The van der Waals surface area contributed by atoms with Gasteiger partial charge in [-0.3, -0.25) is 0 Å². The summed E-state index contributed by atoms with van der Waals surface area (Å²) in [4.78, 5) is 2.60. The molecule has 2 aliphatic carbocycles. The standard InChI is InChI=1S/C13H26N2/c1-15(13-7-4-8-13)10-12-6-3-2-5-11(12)9-14/h11-13H,2-10,14H2,1H3. The van der Waals surface area contributed by atoms with Crippen LogP contribution in [0.5, 0.6) is 0 Å². The molecule has 2 fully saturated rings. The average molecular weight is 210 g/mol. The van der Waals surface area contributed by atoms with Gasteiger partial charge in [-0.2, -0.15) is 0 Å². The highest BCUT2D eigenvalue weighted by Crippen LogP contribution is 2.32. The molecule has 2 heteroatoms. The zero-order valence-electron chi connectivity index (χ0n) is 10.1. The Balaban J connectivity index is 1.79. The molecule has 2 N–H and O–H groups in total. The van der Waals surface area contributed by atoms with Crippen LogP contribution in [0.25, 0.3) is 0 Å². The van der Waals surface area contributed by atoms with E-state index < -0.39 is 0 Å². The Bertz CT molecular complexity index is 189. The van der Waals surface area contributed by atoms with Gasteiger partial charge in [-0.25, -0.2) is 0 Å². The molecule has 0 aromatic carbocycles. The summed E-state index contributed by atoms with van der Waals surface area (Å²) in [6, 6.07) is 0.894. The first-order valence-electron chi connectivity index (χ1n) is 6.71. The third-order valence-corrected chi connectivity index (χ3v) is 4.59. The topological polar surface area (TPSA) is 29.3 Å². The second-order valence-electron chi connectivity index (χ2n) is 5.56. The highest BCUT2D eigenvalue weighted by molar-refractivity contribution is 4.83. The lowest BCUT2D eigenvalue weighted by molar-refractivity contribution is 0.103. The van der Waals surface area contributed by atoms with Gasteiger partial charge in [0.05, 0.1) is 0 Å². The summed E-state index contributed by atoms with van der Waals surface area (Å²) < 4.78 is 0. The lowest BCUT2D eigenvalue weighted by atomic mass is 9.78. The van der Waals surface area contributed by atoms with E-state index in [-0.39, 0.29) is 0 Å². The maximum Gasteiger partial charge on any atom is 0.00923 e. The minimum Gasteiger partial charge on any atom is -0.330 e. The molecule has 0 amide bonds. The Kier molecular flexibility index (Phi) is 4.04. The maximum absolute atomic E-state index is 5.87. The Morgan fingerprint density at radius 3 is 2.20 bits per heavy atom. The summed E-state index contributed by atoms with van der Waals surface area (Å²) >= 11 is 0. The van der Waals surface area contributed by atoms with Crippen LogP contribution >= 0.6 is 0 Å². The Hall–Kier alpha value is -0.0800. The normalized spacial score (nSPS) is 33.0. The zero-order valence-corrected chi connectivity index (χ0v) is 10.1. The van der Waals surface area contributed by atoms with E-state index in [2.05, 4.69) is 11.9 Å². The van der Waals surface area contributed by atoms with Crippen molar-refractivity contribution in [2.24, 2.45) is 17.6 Å². The minimum atomic E-state index is 0.807. The molecule has 0 aromatic rings. The van der Waals surface area contributed by atoms with Crippen LogP contribution in [0.2, 0.25) is 0 Å². The van der Waals surface area contributed by atoms with Crippen molar-refractivity contribution in [2.75, 3.05) is 20.1 Å². The monoisotopic (exact) mass is 210 g/mol. The molecule has 15 heavy (non-hydrogen) atoms. The van der Waals surface area contributed by atoms with Crippen molar-refractivity contribution in [2.45, 2.75) is 51.0 Å². The Morgan fingerprint density at radius 1 is 1.00 bits per heavy atom. The molecule has 2 nitrogen and oxygen atoms in total. The Labute approximate surface area is 94.2 Å². The van der Waals surface area contributed by atoms with Crippen molar-refractivity contribution in [1.29, 1.82) is 0 Å². The van der Waals surface area contributed by atoms with Gasteiger partial charge >= 0.3 is 0 Å². The second kappa shape index (κ2) is 5.31. The summed E-state index contributed by atoms with van der Waals surface area (Å²) in [6.45, 7) is 2.20. The summed E-state index contributed by atoms with van der Waals surface area (Å²) in [5.41, 5.74) is 5.87. The predicted molar refractivity (Wildman–Crippen MR) is 64.8 cm³/mol. The smallest absolute Gasteiger partial charge is 0.00923 e. The number of hydrogen-bond acceptors (Lipinski definition) is 2. The largest absolute Gasteiger partial charge is 0.330 e. The molecule has 0 aliphatic heterocycles. The van der Waals surface area contributed by atoms with E-state index in [4.69, 9.17) is 5.73 Å². The molecule has 2 unspecified atom stereocenters. The minimum absolute atomic E-state index is 0.807. The third-order valence-electron chi connectivity index (χ3n) is 4.59. The van der Waals surface area contributed by atoms with Gasteiger partial charge in [0.1, 0.15) is 0 Å². The summed E-state index contributed by atoms with van der Waals surface area (Å²) in [5.74, 6) is 1.69. The van der Waals surface area contributed by atoms with Crippen LogP contribution in [0.15, 0.2) is 0 Å². The van der Waals surface area contributed by atoms with Crippen molar-refractivity contribution in [3.8, 4) is 0 Å². The molecule has 0 aromatic heterocycles. The molecule has 2 rings (SSSR count). The van der Waals surface area contributed by atoms with Crippen LogP contribution in [-0.4, -0.2) is 31.1 Å². The molecular weight excluding hydrogens is 184 g/mol. The quantitative estimate of drug-likeness (QED) is 0.771. The van der Waals surface area contributed by atoms with Gasteiger partial charge in [-0.1, -0.05) is 19.3 Å². The van der Waals surface area contributed by atoms with Gasteiger partial charge < -0.3 is 10.6 Å². The van der Waals surface area contributed by atoms with Crippen LogP contribution < -0.4 is 5.73 Å². The molecule has 88 valence electrons. The van der Waals surface area contributed by atoms with E-state index in [0.29, 0.717) is 0 Å². The SMILES string of the molecule is CN(CC1CCCCC1CN)C1CCC1. The second-order valence-corrected chi connectivity index (χ2v) is 5.56. The van der Waals surface area contributed by atoms with Crippen molar-refractivity contribution in [3.05, 3.63) is 0 Å². The fourth-order valence-electron chi connectivity index (χ4n) is 3.18. The summed E-state index contributed by atoms with van der Waals surface area (Å²) in [6.07, 6.45) is 9.93. The number of nitrogens with zero attached hydrogens (tertiary/aromatic N) is 1. The first kappa shape index (κ1) is 11.4. The molecule has 2 saturated carbocycles. The van der Waals surface area contributed by atoms with Gasteiger partial charge in [0.25, 0.3) is 0 Å². The molecule has 0 spiro atoms. The first-order valence-corrected chi connectivity index (χ1v) is 6.71. The molecular formula is C13H26N2. The lowest BCUT2D eigenvalue weighted by Crippen LogP contribution is -2.43. The highest BCUT2D eigenvalue weighted by Gasteiger charge is 2.28. The number of hydrogen-bond donors (Lipinski definition) is 1. The van der Waals surface area contributed by atoms with E-state index in [1.54, 1.807) is 0 Å². The summed E-state index contributed by atoms with van der Waals surface area (Å²) in [5, 5.41) is 0. The molecule has 0 radical (unpaired) electrons. The maximum atomic E-state index is 5.87. The molecule has 0 saturated heterocycles. The van der Waals surface area contributed by atoms with E-state index in [0.717, 1.165) is 24.4 Å². The predicted octanol–water partition coefficient (Wildman–Crippen LogP) is 2.24. The lowest BCUT2D eigenvalue weighted by Gasteiger charge is -2.40. The molecule has 0 bridgehead atoms. The van der Waals surface area contributed by atoms with Crippen molar-refractivity contribution < 1.29 is 0 Å². The van der Waals surface area contributed by atoms with Crippen LogP contribution in [-0.2, 0) is 0 Å². The summed E-state index contributed by atoms with van der Waals surface area (Å²) in [7, 11) is 2.31.